The molecule has 0 saturated carbocycles. The third-order valence-electron chi connectivity index (χ3n) is 6.32. The molecule has 0 aromatic heterocycles. The number of nitrogens with zero attached hydrogens (tertiary/aromatic N) is 1. The van der Waals surface area contributed by atoms with Gasteiger partial charge in [-0.25, -0.2) is 0 Å². The number of carbonyl (C=O) groups is 2. The van der Waals surface area contributed by atoms with E-state index in [-0.39, 0.29) is 18.3 Å². The molecule has 6 heteroatoms. The van der Waals surface area contributed by atoms with Gasteiger partial charge >= 0.3 is 0 Å². The van der Waals surface area contributed by atoms with Gasteiger partial charge in [-0.3, -0.25) is 9.59 Å². The molecule has 1 amide bonds. The highest BCUT2D eigenvalue weighted by Gasteiger charge is 2.44. The number of halogens is 1. The number of hydrogen-bond acceptors (Lipinski definition) is 4. The third kappa shape index (κ3) is 4.29. The fourth-order valence-electron chi connectivity index (χ4n) is 4.69. The monoisotopic (exact) mass is 441 g/mol. The summed E-state index contributed by atoms with van der Waals surface area (Å²) in [5, 5.41) is 0.621. The van der Waals surface area contributed by atoms with Crippen LogP contribution in [0.25, 0.3) is 0 Å². The van der Waals surface area contributed by atoms with E-state index in [2.05, 4.69) is 6.07 Å². The zero-order valence-corrected chi connectivity index (χ0v) is 19.3. The first-order valence-electron chi connectivity index (χ1n) is 10.7. The summed E-state index contributed by atoms with van der Waals surface area (Å²) >= 11 is 6.34. The Balaban J connectivity index is 1.40. The molecule has 164 valence electrons. The minimum atomic E-state index is -0.553. The molecule has 1 saturated heterocycles. The zero-order valence-electron chi connectivity index (χ0n) is 18.5. The summed E-state index contributed by atoms with van der Waals surface area (Å²) in [5.41, 5.74) is 3.94. The van der Waals surface area contributed by atoms with Crippen molar-refractivity contribution in [2.45, 2.75) is 52.6 Å². The first-order valence-corrected chi connectivity index (χ1v) is 11.1. The topological polar surface area (TPSA) is 55.8 Å². The lowest BCUT2D eigenvalue weighted by molar-refractivity contribution is -0.136. The molecule has 2 aromatic carbocycles. The van der Waals surface area contributed by atoms with E-state index < -0.39 is 5.60 Å². The fourth-order valence-corrected chi connectivity index (χ4v) is 4.84. The van der Waals surface area contributed by atoms with Gasteiger partial charge in [0, 0.05) is 31.0 Å². The second-order valence-corrected chi connectivity index (χ2v) is 9.26. The highest BCUT2D eigenvalue weighted by molar-refractivity contribution is 6.32. The lowest BCUT2D eigenvalue weighted by Gasteiger charge is -2.44. The van der Waals surface area contributed by atoms with Gasteiger partial charge in [-0.1, -0.05) is 17.7 Å². The van der Waals surface area contributed by atoms with E-state index in [9.17, 15) is 9.59 Å². The number of carbonyl (C=O) groups excluding carboxylic acids is 2. The van der Waals surface area contributed by atoms with Crippen molar-refractivity contribution in [1.82, 2.24) is 4.90 Å². The summed E-state index contributed by atoms with van der Waals surface area (Å²) in [7, 11) is 0. The van der Waals surface area contributed by atoms with E-state index in [4.69, 9.17) is 21.1 Å². The van der Waals surface area contributed by atoms with Crippen LogP contribution in [0.15, 0.2) is 24.3 Å². The molecule has 2 heterocycles. The average molecular weight is 442 g/mol. The van der Waals surface area contributed by atoms with Gasteiger partial charge in [0.1, 0.15) is 17.1 Å². The third-order valence-corrected chi connectivity index (χ3v) is 6.90. The van der Waals surface area contributed by atoms with Crippen molar-refractivity contribution in [2.75, 3.05) is 19.7 Å². The van der Waals surface area contributed by atoms with Crippen molar-refractivity contribution in [2.24, 2.45) is 0 Å². The Bertz CT molecular complexity index is 1030. The molecule has 0 bridgehead atoms. The molecule has 2 aromatic rings. The predicted molar refractivity (Wildman–Crippen MR) is 120 cm³/mol. The van der Waals surface area contributed by atoms with Gasteiger partial charge in [0.25, 0.3) is 5.91 Å². The Kier molecular flexibility index (Phi) is 5.73. The lowest BCUT2D eigenvalue weighted by atomic mass is 9.81. The van der Waals surface area contributed by atoms with Crippen LogP contribution in [-0.4, -0.2) is 41.9 Å². The second kappa shape index (κ2) is 8.19. The first-order chi connectivity index (χ1) is 14.7. The van der Waals surface area contributed by atoms with E-state index in [1.165, 1.54) is 0 Å². The second-order valence-electron chi connectivity index (χ2n) is 8.88. The SMILES string of the molecule is Cc1cc(C)cc(OCC(=O)N2CCC3(CC2)CC(=O)c2c(cc(C)c(Cl)c2C)O3)c1. The van der Waals surface area contributed by atoms with Crippen molar-refractivity contribution in [3.05, 3.63) is 57.1 Å². The normalized spacial score (nSPS) is 17.3. The highest BCUT2D eigenvalue weighted by atomic mass is 35.5. The van der Waals surface area contributed by atoms with Crippen molar-refractivity contribution in [3.63, 3.8) is 0 Å². The molecule has 1 fully saturated rings. The maximum Gasteiger partial charge on any atom is 0.260 e. The van der Waals surface area contributed by atoms with Gasteiger partial charge in [0.15, 0.2) is 12.4 Å². The van der Waals surface area contributed by atoms with Crippen LogP contribution in [0.1, 0.15) is 51.9 Å². The van der Waals surface area contributed by atoms with Crippen LogP contribution in [0.5, 0.6) is 11.5 Å². The minimum Gasteiger partial charge on any atom is -0.486 e. The minimum absolute atomic E-state index is 0.00933. The quantitative estimate of drug-likeness (QED) is 0.674. The molecule has 5 nitrogen and oxygen atoms in total. The van der Waals surface area contributed by atoms with Crippen LogP contribution in [0.3, 0.4) is 0 Å². The van der Waals surface area contributed by atoms with E-state index in [0.29, 0.717) is 54.4 Å². The zero-order chi connectivity index (χ0) is 22.3. The smallest absolute Gasteiger partial charge is 0.260 e. The Hall–Kier alpha value is -2.53. The van der Waals surface area contributed by atoms with Crippen LogP contribution in [0, 0.1) is 27.7 Å². The van der Waals surface area contributed by atoms with E-state index >= 15 is 0 Å². The van der Waals surface area contributed by atoms with Crippen LogP contribution < -0.4 is 9.47 Å². The molecule has 31 heavy (non-hydrogen) atoms. The molecule has 0 atom stereocenters. The standard InChI is InChI=1S/C25H28ClNO4/c1-15-9-16(2)11-19(10-15)30-14-22(29)27-7-5-25(6-8-27)13-20(28)23-18(4)24(26)17(3)12-21(23)31-25/h9-12H,5-8,13-14H2,1-4H3. The molecule has 2 aliphatic rings. The molecule has 4 rings (SSSR count). The number of benzene rings is 2. The van der Waals surface area contributed by atoms with Crippen LogP contribution in [-0.2, 0) is 4.79 Å². The number of amides is 1. The number of aryl methyl sites for hydroxylation is 3. The first kappa shape index (κ1) is 21.7. The Morgan fingerprint density at radius 2 is 1.74 bits per heavy atom. The molecule has 0 N–H and O–H groups in total. The molecule has 1 spiro atoms. The van der Waals surface area contributed by atoms with Gasteiger partial charge < -0.3 is 14.4 Å². The summed E-state index contributed by atoms with van der Waals surface area (Å²) in [4.78, 5) is 27.4. The Morgan fingerprint density at radius 3 is 2.39 bits per heavy atom. The fraction of sp³-hybridized carbons (Fsp3) is 0.440. The Morgan fingerprint density at radius 1 is 1.10 bits per heavy atom. The van der Waals surface area contributed by atoms with Crippen LogP contribution >= 0.6 is 11.6 Å². The van der Waals surface area contributed by atoms with Crippen molar-refractivity contribution < 1.29 is 19.1 Å². The number of piperidine rings is 1. The van der Waals surface area contributed by atoms with Gasteiger partial charge in [0.05, 0.1) is 12.0 Å². The Labute approximate surface area is 188 Å². The van der Waals surface area contributed by atoms with Crippen LogP contribution in [0.4, 0.5) is 0 Å². The number of fused-ring (bicyclic) bond motifs is 1. The summed E-state index contributed by atoms with van der Waals surface area (Å²) in [6, 6.07) is 7.79. The largest absolute Gasteiger partial charge is 0.486 e. The van der Waals surface area contributed by atoms with Gasteiger partial charge in [-0.15, -0.1) is 0 Å². The molecule has 2 aliphatic heterocycles. The van der Waals surface area contributed by atoms with E-state index in [1.54, 1.807) is 4.90 Å². The highest BCUT2D eigenvalue weighted by Crippen LogP contribution is 2.43. The number of rotatable bonds is 3. The maximum atomic E-state index is 12.9. The predicted octanol–water partition coefficient (Wildman–Crippen LogP) is 4.98. The van der Waals surface area contributed by atoms with Crippen LogP contribution in [0.2, 0.25) is 5.02 Å². The molecular formula is C25H28ClNO4. The number of hydrogen-bond donors (Lipinski definition) is 0. The van der Waals surface area contributed by atoms with E-state index in [0.717, 1.165) is 22.3 Å². The van der Waals surface area contributed by atoms with Crippen molar-refractivity contribution >= 4 is 23.3 Å². The molecule has 0 unspecified atom stereocenters. The van der Waals surface area contributed by atoms with Crippen molar-refractivity contribution in [3.8, 4) is 11.5 Å². The number of ketones is 1. The summed E-state index contributed by atoms with van der Waals surface area (Å²) in [5.74, 6) is 1.35. The van der Waals surface area contributed by atoms with E-state index in [1.807, 2.05) is 45.9 Å². The maximum absolute atomic E-state index is 12.9. The van der Waals surface area contributed by atoms with Gasteiger partial charge in [0.2, 0.25) is 0 Å². The van der Waals surface area contributed by atoms with Gasteiger partial charge in [-0.2, -0.15) is 0 Å². The number of likely N-dealkylation sites (tertiary alicyclic amines) is 1. The molecular weight excluding hydrogens is 414 g/mol. The molecule has 0 aliphatic carbocycles. The average Bonchev–Trinajstić information content (AvgIpc) is 2.70. The number of ether oxygens (including phenoxy) is 2. The summed E-state index contributed by atoms with van der Waals surface area (Å²) < 4.78 is 12.1. The number of Topliss-reactive ketones (excluding diaryl/α,β-unsaturated/α-hetero) is 1. The molecule has 0 radical (unpaired) electrons. The summed E-state index contributed by atoms with van der Waals surface area (Å²) in [6.45, 7) is 8.90. The van der Waals surface area contributed by atoms with Crippen molar-refractivity contribution in [1.29, 1.82) is 0 Å². The summed E-state index contributed by atoms with van der Waals surface area (Å²) in [6.07, 6.45) is 1.56. The van der Waals surface area contributed by atoms with Gasteiger partial charge in [-0.05, 0) is 68.1 Å². The lowest BCUT2D eigenvalue weighted by Crippen LogP contribution is -2.53.